The molecule has 6 nitrogen and oxygen atoms in total. The van der Waals surface area contributed by atoms with E-state index >= 15 is 0 Å². The van der Waals surface area contributed by atoms with Crippen LogP contribution < -0.4 is 10.9 Å². The third-order valence-electron chi connectivity index (χ3n) is 5.34. The smallest absolute Gasteiger partial charge is 0.272 e. The van der Waals surface area contributed by atoms with Crippen molar-refractivity contribution in [2.45, 2.75) is 53.7 Å². The molecule has 3 rings (SSSR count). The topological polar surface area (TPSA) is 73.2 Å². The lowest BCUT2D eigenvalue weighted by Crippen LogP contribution is -2.26. The van der Waals surface area contributed by atoms with Crippen LogP contribution in [0.15, 0.2) is 41.2 Å². The number of carbonyl (C=O) groups is 1. The highest BCUT2D eigenvalue weighted by atomic mass is 16.5. The number of fused-ring (bicyclic) bond motifs is 1. The van der Waals surface area contributed by atoms with E-state index < -0.39 is 0 Å². The van der Waals surface area contributed by atoms with Crippen LogP contribution in [0.5, 0.6) is 0 Å². The standard InChI is InChI=1S/C25H31N3O3/c1-16(2)31-12-6-11-26-24(29)21-9-7-20(8-10-21)15-28-23-14-18(4)17(3)13-22(23)27-19(5)25(28)30/h7-10,13-14,16H,6,11-12,15H2,1-5H3,(H,26,29). The third-order valence-corrected chi connectivity index (χ3v) is 5.34. The van der Waals surface area contributed by atoms with E-state index in [0.29, 0.717) is 31.0 Å². The molecule has 6 heteroatoms. The van der Waals surface area contributed by atoms with Crippen LogP contribution in [0.1, 0.15) is 53.0 Å². The van der Waals surface area contributed by atoms with Crippen LogP contribution in [0.2, 0.25) is 0 Å². The van der Waals surface area contributed by atoms with Crippen LogP contribution in [0, 0.1) is 20.8 Å². The minimum absolute atomic E-state index is 0.0961. The van der Waals surface area contributed by atoms with Crippen molar-refractivity contribution in [1.29, 1.82) is 0 Å². The summed E-state index contributed by atoms with van der Waals surface area (Å²) >= 11 is 0. The summed E-state index contributed by atoms with van der Waals surface area (Å²) in [5.41, 5.74) is 5.85. The number of nitrogens with one attached hydrogen (secondary N) is 1. The molecule has 0 saturated heterocycles. The van der Waals surface area contributed by atoms with Crippen molar-refractivity contribution in [1.82, 2.24) is 14.9 Å². The zero-order valence-corrected chi connectivity index (χ0v) is 19.0. The van der Waals surface area contributed by atoms with Crippen LogP contribution >= 0.6 is 0 Å². The van der Waals surface area contributed by atoms with Crippen LogP contribution in [0.25, 0.3) is 11.0 Å². The van der Waals surface area contributed by atoms with Gasteiger partial charge in [-0.05, 0) is 82.0 Å². The highest BCUT2D eigenvalue weighted by molar-refractivity contribution is 5.94. The first kappa shape index (κ1) is 22.7. The molecule has 1 aromatic heterocycles. The molecular formula is C25H31N3O3. The Kier molecular flexibility index (Phi) is 7.23. The first-order valence-corrected chi connectivity index (χ1v) is 10.7. The number of rotatable bonds is 8. The second-order valence-electron chi connectivity index (χ2n) is 8.24. The first-order valence-electron chi connectivity index (χ1n) is 10.7. The van der Waals surface area contributed by atoms with Crippen LogP contribution in [0.3, 0.4) is 0 Å². The van der Waals surface area contributed by atoms with Gasteiger partial charge in [-0.25, -0.2) is 4.98 Å². The Hall–Kier alpha value is -2.99. The fraction of sp³-hybridized carbons (Fsp3) is 0.400. The van der Waals surface area contributed by atoms with Gasteiger partial charge in [0.2, 0.25) is 0 Å². The average Bonchev–Trinajstić information content (AvgIpc) is 2.73. The summed E-state index contributed by atoms with van der Waals surface area (Å²) in [6.07, 6.45) is 0.975. The van der Waals surface area contributed by atoms with E-state index in [1.165, 1.54) is 0 Å². The summed E-state index contributed by atoms with van der Waals surface area (Å²) in [4.78, 5) is 29.6. The Morgan fingerprint density at radius 2 is 1.77 bits per heavy atom. The van der Waals surface area contributed by atoms with E-state index in [-0.39, 0.29) is 17.6 Å². The summed E-state index contributed by atoms with van der Waals surface area (Å²) < 4.78 is 7.24. The highest BCUT2D eigenvalue weighted by Gasteiger charge is 2.11. The lowest BCUT2D eigenvalue weighted by Gasteiger charge is -2.13. The molecule has 3 aromatic rings. The summed E-state index contributed by atoms with van der Waals surface area (Å²) in [5, 5.41) is 2.91. The second kappa shape index (κ2) is 9.88. The molecule has 0 spiro atoms. The van der Waals surface area contributed by atoms with Crippen molar-refractivity contribution in [2.75, 3.05) is 13.2 Å². The van der Waals surface area contributed by atoms with Crippen LogP contribution in [-0.2, 0) is 11.3 Å². The maximum atomic E-state index is 12.8. The zero-order chi connectivity index (χ0) is 22.5. The predicted octanol–water partition coefficient (Wildman–Crippen LogP) is 3.91. The number of aryl methyl sites for hydroxylation is 3. The van der Waals surface area contributed by atoms with Gasteiger partial charge in [0.15, 0.2) is 0 Å². The molecule has 1 heterocycles. The number of nitrogens with zero attached hydrogens (tertiary/aromatic N) is 2. The molecule has 31 heavy (non-hydrogen) atoms. The Morgan fingerprint density at radius 1 is 1.10 bits per heavy atom. The van der Waals surface area contributed by atoms with Crippen molar-refractivity contribution in [3.63, 3.8) is 0 Å². The molecule has 0 radical (unpaired) electrons. The second-order valence-corrected chi connectivity index (χ2v) is 8.24. The Morgan fingerprint density at radius 3 is 2.45 bits per heavy atom. The summed E-state index contributed by atoms with van der Waals surface area (Å²) in [7, 11) is 0. The van der Waals surface area contributed by atoms with Gasteiger partial charge < -0.3 is 14.6 Å². The van der Waals surface area contributed by atoms with Gasteiger partial charge >= 0.3 is 0 Å². The molecule has 1 amide bonds. The van der Waals surface area contributed by atoms with Gasteiger partial charge in [-0.15, -0.1) is 0 Å². The number of aromatic nitrogens is 2. The number of ether oxygens (including phenoxy) is 1. The Balaban J connectivity index is 1.73. The molecule has 0 aliphatic rings. The molecule has 0 aliphatic carbocycles. The van der Waals surface area contributed by atoms with Gasteiger partial charge in [-0.3, -0.25) is 9.59 Å². The SMILES string of the molecule is Cc1cc2nc(C)c(=O)n(Cc3ccc(C(=O)NCCCOC(C)C)cc3)c2cc1C. The fourth-order valence-corrected chi connectivity index (χ4v) is 3.42. The lowest BCUT2D eigenvalue weighted by atomic mass is 10.1. The minimum Gasteiger partial charge on any atom is -0.379 e. The third kappa shape index (κ3) is 5.58. The van der Waals surface area contributed by atoms with Crippen molar-refractivity contribution < 1.29 is 9.53 Å². The van der Waals surface area contributed by atoms with E-state index in [0.717, 1.165) is 34.1 Å². The zero-order valence-electron chi connectivity index (χ0n) is 19.0. The highest BCUT2D eigenvalue weighted by Crippen LogP contribution is 2.18. The lowest BCUT2D eigenvalue weighted by molar-refractivity contribution is 0.0757. The van der Waals surface area contributed by atoms with Gasteiger partial charge in [0.25, 0.3) is 11.5 Å². The van der Waals surface area contributed by atoms with Crippen molar-refractivity contribution >= 4 is 16.9 Å². The maximum Gasteiger partial charge on any atom is 0.272 e. The summed E-state index contributed by atoms with van der Waals surface area (Å²) in [6.45, 7) is 11.4. The fourth-order valence-electron chi connectivity index (χ4n) is 3.42. The van der Waals surface area contributed by atoms with E-state index in [9.17, 15) is 9.59 Å². The summed E-state index contributed by atoms with van der Waals surface area (Å²) in [5.74, 6) is -0.107. The van der Waals surface area contributed by atoms with E-state index in [1.54, 1.807) is 23.6 Å². The molecule has 0 unspecified atom stereocenters. The number of amides is 1. The molecule has 0 atom stereocenters. The quantitative estimate of drug-likeness (QED) is 0.560. The minimum atomic E-state index is -0.107. The molecule has 0 saturated carbocycles. The first-order chi connectivity index (χ1) is 14.8. The van der Waals surface area contributed by atoms with Gasteiger partial charge in [0, 0.05) is 18.7 Å². The van der Waals surface area contributed by atoms with E-state index in [4.69, 9.17) is 4.74 Å². The maximum absolute atomic E-state index is 12.8. The number of hydrogen-bond acceptors (Lipinski definition) is 4. The van der Waals surface area contributed by atoms with Gasteiger partial charge in [-0.1, -0.05) is 12.1 Å². The monoisotopic (exact) mass is 421 g/mol. The molecule has 164 valence electrons. The molecule has 1 N–H and O–H groups in total. The largest absolute Gasteiger partial charge is 0.379 e. The number of benzene rings is 2. The average molecular weight is 422 g/mol. The van der Waals surface area contributed by atoms with Gasteiger partial charge in [0.1, 0.15) is 5.69 Å². The van der Waals surface area contributed by atoms with Crippen molar-refractivity contribution in [3.05, 3.63) is 74.7 Å². The summed E-state index contributed by atoms with van der Waals surface area (Å²) in [6, 6.07) is 11.4. The van der Waals surface area contributed by atoms with Crippen molar-refractivity contribution in [2.24, 2.45) is 0 Å². The normalized spacial score (nSPS) is 11.3. The van der Waals surface area contributed by atoms with Gasteiger partial charge in [0.05, 0.1) is 23.7 Å². The number of hydrogen-bond donors (Lipinski definition) is 1. The van der Waals surface area contributed by atoms with E-state index in [2.05, 4.69) is 10.3 Å². The van der Waals surface area contributed by atoms with Crippen LogP contribution in [0.4, 0.5) is 0 Å². The molecule has 0 bridgehead atoms. The Labute approximate surface area is 183 Å². The van der Waals surface area contributed by atoms with Crippen molar-refractivity contribution in [3.8, 4) is 0 Å². The molecular weight excluding hydrogens is 390 g/mol. The predicted molar refractivity (Wildman–Crippen MR) is 124 cm³/mol. The molecule has 0 fully saturated rings. The van der Waals surface area contributed by atoms with Crippen LogP contribution in [-0.4, -0.2) is 34.7 Å². The van der Waals surface area contributed by atoms with E-state index in [1.807, 2.05) is 52.0 Å². The van der Waals surface area contributed by atoms with Gasteiger partial charge in [-0.2, -0.15) is 0 Å². The Bertz CT molecular complexity index is 1130. The molecule has 0 aliphatic heterocycles. The number of carbonyl (C=O) groups excluding carboxylic acids is 1. The molecule has 2 aromatic carbocycles.